The van der Waals surface area contributed by atoms with Crippen LogP contribution in [-0.2, 0) is 4.79 Å². The van der Waals surface area contributed by atoms with Crippen molar-refractivity contribution in [2.75, 3.05) is 13.1 Å². The monoisotopic (exact) mass is 244 g/mol. The third kappa shape index (κ3) is 3.25. The van der Waals surface area contributed by atoms with E-state index in [9.17, 15) is 4.79 Å². The molecule has 1 aromatic rings. The van der Waals surface area contributed by atoms with E-state index in [1.807, 2.05) is 18.2 Å². The lowest BCUT2D eigenvalue weighted by molar-refractivity contribution is -0.122. The molecule has 1 aromatic carbocycles. The Morgan fingerprint density at radius 3 is 2.94 bits per heavy atom. The number of benzene rings is 1. The van der Waals surface area contributed by atoms with Crippen LogP contribution in [0.15, 0.2) is 35.4 Å². The molecular formula is C13H16N4O. The lowest BCUT2D eigenvalue weighted by atomic mass is 10.1. The van der Waals surface area contributed by atoms with Gasteiger partial charge in [-0.05, 0) is 29.9 Å². The molecule has 18 heavy (non-hydrogen) atoms. The first-order chi connectivity index (χ1) is 8.83. The Labute approximate surface area is 106 Å². The number of nitrogens with zero attached hydrogens (tertiary/aromatic N) is 3. The lowest BCUT2D eigenvalue weighted by Crippen LogP contribution is -2.26. The van der Waals surface area contributed by atoms with Gasteiger partial charge in [0.05, 0.1) is 0 Å². The average molecular weight is 244 g/mol. The maximum atomic E-state index is 11.8. The number of carbonyl (C=O) groups is 1. The Hall–Kier alpha value is -2.00. The van der Waals surface area contributed by atoms with E-state index in [4.69, 9.17) is 5.53 Å². The van der Waals surface area contributed by atoms with Gasteiger partial charge in [-0.1, -0.05) is 35.4 Å². The molecular weight excluding hydrogens is 228 g/mol. The summed E-state index contributed by atoms with van der Waals surface area (Å²) in [7, 11) is 0. The SMILES string of the molecule is [N-]=[N+]=NCCCNC(=O)C1CC1c1ccccc1. The zero-order valence-corrected chi connectivity index (χ0v) is 10.1. The zero-order valence-electron chi connectivity index (χ0n) is 10.1. The van der Waals surface area contributed by atoms with Gasteiger partial charge in [0.2, 0.25) is 5.91 Å². The first-order valence-electron chi connectivity index (χ1n) is 6.16. The molecule has 1 amide bonds. The molecule has 2 unspecified atom stereocenters. The highest BCUT2D eigenvalue weighted by Crippen LogP contribution is 2.47. The summed E-state index contributed by atoms with van der Waals surface area (Å²) in [5.74, 6) is 0.611. The molecule has 94 valence electrons. The molecule has 0 aromatic heterocycles. The maximum absolute atomic E-state index is 11.8. The summed E-state index contributed by atoms with van der Waals surface area (Å²) in [5.41, 5.74) is 9.35. The molecule has 1 N–H and O–H groups in total. The van der Waals surface area contributed by atoms with Crippen LogP contribution >= 0.6 is 0 Å². The van der Waals surface area contributed by atoms with E-state index in [-0.39, 0.29) is 11.8 Å². The van der Waals surface area contributed by atoms with E-state index >= 15 is 0 Å². The van der Waals surface area contributed by atoms with Crippen LogP contribution in [0.5, 0.6) is 0 Å². The normalized spacial score (nSPS) is 20.9. The quantitative estimate of drug-likeness (QED) is 0.355. The van der Waals surface area contributed by atoms with Gasteiger partial charge >= 0.3 is 0 Å². The van der Waals surface area contributed by atoms with Crippen molar-refractivity contribution in [2.24, 2.45) is 11.0 Å². The molecule has 0 aliphatic heterocycles. The first-order valence-corrected chi connectivity index (χ1v) is 6.16. The van der Waals surface area contributed by atoms with Crippen LogP contribution < -0.4 is 5.32 Å². The lowest BCUT2D eigenvalue weighted by Gasteiger charge is -2.03. The third-order valence-corrected chi connectivity index (χ3v) is 3.15. The van der Waals surface area contributed by atoms with E-state index in [1.54, 1.807) is 0 Å². The van der Waals surface area contributed by atoms with E-state index in [0.717, 1.165) is 6.42 Å². The number of hydrogen-bond acceptors (Lipinski definition) is 2. The fourth-order valence-corrected chi connectivity index (χ4v) is 2.09. The highest BCUT2D eigenvalue weighted by atomic mass is 16.2. The third-order valence-electron chi connectivity index (χ3n) is 3.15. The van der Waals surface area contributed by atoms with Crippen molar-refractivity contribution in [3.05, 3.63) is 46.3 Å². The highest BCUT2D eigenvalue weighted by Gasteiger charge is 2.43. The zero-order chi connectivity index (χ0) is 12.8. The van der Waals surface area contributed by atoms with E-state index in [2.05, 4.69) is 27.5 Å². The second kappa shape index (κ2) is 6.07. The highest BCUT2D eigenvalue weighted by molar-refractivity contribution is 5.82. The van der Waals surface area contributed by atoms with Crippen LogP contribution in [0.25, 0.3) is 10.4 Å². The predicted octanol–water partition coefficient (Wildman–Crippen LogP) is 2.61. The molecule has 1 aliphatic rings. The molecule has 0 spiro atoms. The summed E-state index contributed by atoms with van der Waals surface area (Å²) in [6.45, 7) is 1.01. The molecule has 1 fully saturated rings. The van der Waals surface area contributed by atoms with Crippen LogP contribution in [0.1, 0.15) is 24.3 Å². The molecule has 0 saturated heterocycles. The summed E-state index contributed by atoms with van der Waals surface area (Å²) < 4.78 is 0. The standard InChI is InChI=1S/C13H16N4O/c14-17-16-8-4-7-15-13(18)12-9-11(12)10-5-2-1-3-6-10/h1-3,5-6,11-12H,4,7-9H2,(H,15,18). The Kier molecular flexibility index (Phi) is 4.20. The van der Waals surface area contributed by atoms with Crippen molar-refractivity contribution in [2.45, 2.75) is 18.8 Å². The fourth-order valence-electron chi connectivity index (χ4n) is 2.09. The van der Waals surface area contributed by atoms with Gasteiger partial charge in [0.15, 0.2) is 0 Å². The summed E-state index contributed by atoms with van der Waals surface area (Å²) in [5, 5.41) is 6.30. The Morgan fingerprint density at radius 2 is 2.22 bits per heavy atom. The minimum Gasteiger partial charge on any atom is -0.356 e. The number of nitrogens with one attached hydrogen (secondary N) is 1. The molecule has 0 heterocycles. The number of hydrogen-bond donors (Lipinski definition) is 1. The van der Waals surface area contributed by atoms with Crippen LogP contribution in [0.3, 0.4) is 0 Å². The van der Waals surface area contributed by atoms with Crippen LogP contribution in [0, 0.1) is 5.92 Å². The van der Waals surface area contributed by atoms with Gasteiger partial charge < -0.3 is 5.32 Å². The Bertz CT molecular complexity index is 453. The smallest absolute Gasteiger partial charge is 0.223 e. The summed E-state index contributed by atoms with van der Waals surface area (Å²) in [6.07, 6.45) is 1.63. The number of carbonyl (C=O) groups excluding carboxylic acids is 1. The van der Waals surface area contributed by atoms with Crippen molar-refractivity contribution >= 4 is 5.91 Å². The molecule has 2 atom stereocenters. The minimum absolute atomic E-state index is 0.116. The van der Waals surface area contributed by atoms with Gasteiger partial charge in [-0.25, -0.2) is 0 Å². The van der Waals surface area contributed by atoms with Gasteiger partial charge in [-0.2, -0.15) is 0 Å². The van der Waals surface area contributed by atoms with Gasteiger partial charge in [0.1, 0.15) is 0 Å². The summed E-state index contributed by atoms with van der Waals surface area (Å²) in [6, 6.07) is 10.1. The molecule has 1 saturated carbocycles. The second-order valence-electron chi connectivity index (χ2n) is 4.46. The van der Waals surface area contributed by atoms with E-state index in [1.165, 1.54) is 5.56 Å². The van der Waals surface area contributed by atoms with Crippen molar-refractivity contribution in [3.8, 4) is 0 Å². The molecule has 0 radical (unpaired) electrons. The number of azide groups is 1. The van der Waals surface area contributed by atoms with Crippen molar-refractivity contribution in [1.82, 2.24) is 5.32 Å². The number of amides is 1. The second-order valence-corrected chi connectivity index (χ2v) is 4.46. The van der Waals surface area contributed by atoms with E-state index < -0.39 is 0 Å². The van der Waals surface area contributed by atoms with Crippen molar-refractivity contribution in [3.63, 3.8) is 0 Å². The summed E-state index contributed by atoms with van der Waals surface area (Å²) in [4.78, 5) is 14.5. The summed E-state index contributed by atoms with van der Waals surface area (Å²) >= 11 is 0. The minimum atomic E-state index is 0.116. The maximum Gasteiger partial charge on any atom is 0.223 e. The van der Waals surface area contributed by atoms with Crippen molar-refractivity contribution in [1.29, 1.82) is 0 Å². The Morgan fingerprint density at radius 1 is 1.44 bits per heavy atom. The van der Waals surface area contributed by atoms with Gasteiger partial charge in [-0.15, -0.1) is 0 Å². The van der Waals surface area contributed by atoms with Crippen LogP contribution in [0.2, 0.25) is 0 Å². The van der Waals surface area contributed by atoms with Gasteiger partial charge in [-0.3, -0.25) is 4.79 Å². The molecule has 5 heteroatoms. The molecule has 5 nitrogen and oxygen atoms in total. The fraction of sp³-hybridized carbons (Fsp3) is 0.462. The van der Waals surface area contributed by atoms with Gasteiger partial charge in [0.25, 0.3) is 0 Å². The average Bonchev–Trinajstić information content (AvgIpc) is 3.20. The topological polar surface area (TPSA) is 77.9 Å². The molecule has 0 bridgehead atoms. The van der Waals surface area contributed by atoms with Crippen molar-refractivity contribution < 1.29 is 4.79 Å². The number of rotatable bonds is 6. The van der Waals surface area contributed by atoms with E-state index in [0.29, 0.717) is 25.4 Å². The van der Waals surface area contributed by atoms with Crippen LogP contribution in [-0.4, -0.2) is 19.0 Å². The molecule has 2 rings (SSSR count). The Balaban J connectivity index is 1.71. The molecule has 1 aliphatic carbocycles. The van der Waals surface area contributed by atoms with Crippen LogP contribution in [0.4, 0.5) is 0 Å². The predicted molar refractivity (Wildman–Crippen MR) is 68.9 cm³/mol. The largest absolute Gasteiger partial charge is 0.356 e. The van der Waals surface area contributed by atoms with Gasteiger partial charge in [0, 0.05) is 23.9 Å². The first kappa shape index (κ1) is 12.5.